The third-order valence-corrected chi connectivity index (χ3v) is 2.80. The van der Waals surface area contributed by atoms with Crippen LogP contribution in [0, 0.1) is 5.82 Å². The Morgan fingerprint density at radius 1 is 1.18 bits per heavy atom. The lowest BCUT2D eigenvalue weighted by atomic mass is 10.1. The van der Waals surface area contributed by atoms with Crippen LogP contribution in [0.5, 0.6) is 0 Å². The first-order valence-electron chi connectivity index (χ1n) is 4.83. The highest BCUT2D eigenvalue weighted by atomic mass is 35.5. The molecule has 0 saturated heterocycles. The second-order valence-electron chi connectivity index (χ2n) is 3.42. The van der Waals surface area contributed by atoms with E-state index in [2.05, 4.69) is 4.98 Å². The monoisotopic (exact) mass is 271 g/mol. The van der Waals surface area contributed by atoms with E-state index < -0.39 is 5.82 Å². The Bertz CT molecular complexity index is 560. The van der Waals surface area contributed by atoms with Crippen LogP contribution in [0.4, 0.5) is 4.39 Å². The molecule has 0 fully saturated rings. The largest absolute Gasteiger partial charge is 0.390 e. The molecule has 88 valence electrons. The van der Waals surface area contributed by atoms with E-state index >= 15 is 0 Å². The zero-order chi connectivity index (χ0) is 12.4. The fourth-order valence-electron chi connectivity index (χ4n) is 1.44. The zero-order valence-corrected chi connectivity index (χ0v) is 10.1. The number of rotatable bonds is 2. The Morgan fingerprint density at radius 3 is 2.59 bits per heavy atom. The number of aromatic nitrogens is 1. The minimum atomic E-state index is -0.494. The summed E-state index contributed by atoms with van der Waals surface area (Å²) in [6.45, 7) is -0.251. The van der Waals surface area contributed by atoms with E-state index in [4.69, 9.17) is 28.3 Å². The van der Waals surface area contributed by atoms with Crippen molar-refractivity contribution in [1.29, 1.82) is 0 Å². The summed E-state index contributed by atoms with van der Waals surface area (Å²) in [5.41, 5.74) is 0.939. The van der Waals surface area contributed by atoms with Gasteiger partial charge in [-0.2, -0.15) is 0 Å². The van der Waals surface area contributed by atoms with Gasteiger partial charge in [0.15, 0.2) is 0 Å². The molecule has 0 bridgehead atoms. The summed E-state index contributed by atoms with van der Waals surface area (Å²) in [6.07, 6.45) is 0. The summed E-state index contributed by atoms with van der Waals surface area (Å²) < 4.78 is 13.6. The van der Waals surface area contributed by atoms with Gasteiger partial charge in [0.25, 0.3) is 0 Å². The molecule has 2 nitrogen and oxygen atoms in total. The van der Waals surface area contributed by atoms with Crippen LogP contribution in [-0.2, 0) is 6.61 Å². The Hall–Kier alpha value is -1.16. The number of benzene rings is 1. The highest BCUT2D eigenvalue weighted by Gasteiger charge is 2.11. The first-order chi connectivity index (χ1) is 8.11. The number of aliphatic hydroxyl groups excluding tert-OH is 1. The van der Waals surface area contributed by atoms with Crippen molar-refractivity contribution in [2.24, 2.45) is 0 Å². The molecule has 0 unspecified atom stereocenters. The maximum atomic E-state index is 13.6. The molecule has 17 heavy (non-hydrogen) atoms. The molecule has 1 aromatic carbocycles. The van der Waals surface area contributed by atoms with Gasteiger partial charge in [-0.3, -0.25) is 0 Å². The minimum Gasteiger partial charge on any atom is -0.390 e. The van der Waals surface area contributed by atoms with Crippen LogP contribution >= 0.6 is 23.2 Å². The van der Waals surface area contributed by atoms with Crippen molar-refractivity contribution in [3.63, 3.8) is 0 Å². The smallest absolute Gasteiger partial charge is 0.149 e. The molecule has 2 rings (SSSR count). The predicted molar refractivity (Wildman–Crippen MR) is 65.6 cm³/mol. The Kier molecular flexibility index (Phi) is 3.62. The third-order valence-electron chi connectivity index (χ3n) is 2.25. The molecular weight excluding hydrogens is 264 g/mol. The minimum absolute atomic E-state index is 0.109. The molecule has 0 spiro atoms. The Labute approximate surface area is 108 Å². The molecular formula is C12H8Cl2FNO. The first-order valence-corrected chi connectivity index (χ1v) is 5.59. The van der Waals surface area contributed by atoms with Crippen LogP contribution in [0.25, 0.3) is 11.3 Å². The van der Waals surface area contributed by atoms with Crippen molar-refractivity contribution in [2.45, 2.75) is 6.61 Å². The Balaban J connectivity index is 2.59. The fraction of sp³-hybridized carbons (Fsp3) is 0.0833. The number of nitrogens with zero attached hydrogens (tertiary/aromatic N) is 1. The van der Waals surface area contributed by atoms with E-state index in [0.717, 1.165) is 0 Å². The van der Waals surface area contributed by atoms with Gasteiger partial charge in [0.05, 0.1) is 17.3 Å². The van der Waals surface area contributed by atoms with E-state index in [0.29, 0.717) is 21.3 Å². The van der Waals surface area contributed by atoms with Crippen LogP contribution in [0.2, 0.25) is 10.0 Å². The van der Waals surface area contributed by atoms with Gasteiger partial charge in [-0.15, -0.1) is 0 Å². The van der Waals surface area contributed by atoms with Gasteiger partial charge < -0.3 is 5.11 Å². The van der Waals surface area contributed by atoms with Crippen LogP contribution in [0.3, 0.4) is 0 Å². The van der Waals surface area contributed by atoms with Crippen LogP contribution in [0.1, 0.15) is 5.69 Å². The van der Waals surface area contributed by atoms with Gasteiger partial charge in [0.1, 0.15) is 11.5 Å². The molecule has 0 saturated carbocycles. The van der Waals surface area contributed by atoms with Crippen molar-refractivity contribution in [2.75, 3.05) is 0 Å². The fourth-order valence-corrected chi connectivity index (χ4v) is 1.94. The molecule has 0 amide bonds. The normalized spacial score (nSPS) is 10.6. The van der Waals surface area contributed by atoms with Crippen molar-refractivity contribution >= 4 is 23.2 Å². The van der Waals surface area contributed by atoms with Gasteiger partial charge >= 0.3 is 0 Å². The summed E-state index contributed by atoms with van der Waals surface area (Å²) in [4.78, 5) is 4.00. The first kappa shape index (κ1) is 12.3. The summed E-state index contributed by atoms with van der Waals surface area (Å²) in [6, 6.07) is 7.39. The quantitative estimate of drug-likeness (QED) is 0.904. The van der Waals surface area contributed by atoms with E-state index in [1.54, 1.807) is 12.1 Å². The summed E-state index contributed by atoms with van der Waals surface area (Å²) in [5.74, 6) is -0.494. The number of aliphatic hydroxyl groups is 1. The molecule has 0 aliphatic heterocycles. The average molecular weight is 272 g/mol. The standard InChI is InChI=1S/C12H8Cl2FNO/c13-7-1-3-9(10(14)5-7)12-11(15)4-2-8(6-17)16-12/h1-5,17H,6H2. The maximum absolute atomic E-state index is 13.6. The topological polar surface area (TPSA) is 33.1 Å². The molecule has 0 aliphatic rings. The molecule has 0 atom stereocenters. The second kappa shape index (κ2) is 5.00. The van der Waals surface area contributed by atoms with Crippen LogP contribution < -0.4 is 0 Å². The van der Waals surface area contributed by atoms with Gasteiger partial charge in [-0.05, 0) is 30.3 Å². The van der Waals surface area contributed by atoms with Gasteiger partial charge in [0.2, 0.25) is 0 Å². The molecule has 5 heteroatoms. The lowest BCUT2D eigenvalue weighted by Crippen LogP contribution is -1.95. The summed E-state index contributed by atoms with van der Waals surface area (Å²) >= 11 is 11.7. The van der Waals surface area contributed by atoms with E-state index in [1.165, 1.54) is 18.2 Å². The highest BCUT2D eigenvalue weighted by Crippen LogP contribution is 2.30. The Morgan fingerprint density at radius 2 is 1.94 bits per heavy atom. The maximum Gasteiger partial charge on any atom is 0.149 e. The highest BCUT2D eigenvalue weighted by molar-refractivity contribution is 6.36. The second-order valence-corrected chi connectivity index (χ2v) is 4.26. The van der Waals surface area contributed by atoms with E-state index in [9.17, 15) is 4.39 Å². The number of halogens is 3. The van der Waals surface area contributed by atoms with Crippen molar-refractivity contribution in [3.8, 4) is 11.3 Å². The molecule has 1 aromatic heterocycles. The predicted octanol–water partition coefficient (Wildman–Crippen LogP) is 3.69. The average Bonchev–Trinajstić information content (AvgIpc) is 2.30. The number of pyridine rings is 1. The third kappa shape index (κ3) is 2.57. The van der Waals surface area contributed by atoms with Gasteiger partial charge in [-0.25, -0.2) is 9.37 Å². The van der Waals surface area contributed by atoms with E-state index in [1.807, 2.05) is 0 Å². The van der Waals surface area contributed by atoms with Crippen molar-refractivity contribution < 1.29 is 9.50 Å². The lowest BCUT2D eigenvalue weighted by Gasteiger charge is -2.07. The van der Waals surface area contributed by atoms with Crippen LogP contribution in [-0.4, -0.2) is 10.1 Å². The van der Waals surface area contributed by atoms with Crippen molar-refractivity contribution in [3.05, 3.63) is 51.9 Å². The summed E-state index contributed by atoms with van der Waals surface area (Å²) in [5, 5.41) is 9.76. The van der Waals surface area contributed by atoms with E-state index in [-0.39, 0.29) is 12.3 Å². The lowest BCUT2D eigenvalue weighted by molar-refractivity contribution is 0.276. The van der Waals surface area contributed by atoms with Gasteiger partial charge in [0, 0.05) is 10.6 Å². The van der Waals surface area contributed by atoms with Crippen molar-refractivity contribution in [1.82, 2.24) is 4.98 Å². The number of hydrogen-bond donors (Lipinski definition) is 1. The SMILES string of the molecule is OCc1ccc(F)c(-c2ccc(Cl)cc2Cl)n1. The molecule has 2 aromatic rings. The molecule has 0 radical (unpaired) electrons. The van der Waals surface area contributed by atoms with Gasteiger partial charge in [-0.1, -0.05) is 23.2 Å². The zero-order valence-electron chi connectivity index (χ0n) is 8.62. The summed E-state index contributed by atoms with van der Waals surface area (Å²) in [7, 11) is 0. The molecule has 1 N–H and O–H groups in total. The molecule has 0 aliphatic carbocycles. The number of hydrogen-bond acceptors (Lipinski definition) is 2. The van der Waals surface area contributed by atoms with Crippen LogP contribution in [0.15, 0.2) is 30.3 Å². The molecule has 1 heterocycles.